The third-order valence-corrected chi connectivity index (χ3v) is 6.55. The van der Waals surface area contributed by atoms with E-state index in [2.05, 4.69) is 15.9 Å². The predicted molar refractivity (Wildman–Crippen MR) is 82.1 cm³/mol. The monoisotopic (exact) mass is 397 g/mol. The summed E-state index contributed by atoms with van der Waals surface area (Å²) in [5.74, 6) is -0.639. The number of sulfonamides is 1. The molecular weight excluding hydrogens is 389 g/mol. The first kappa shape index (κ1) is 15.9. The topological polar surface area (TPSA) is 37.4 Å². The summed E-state index contributed by atoms with van der Waals surface area (Å²) in [6.07, 6.45) is 0. The fraction of sp³-hybridized carbons (Fsp3) is 0.167. The average Bonchev–Trinajstić information content (AvgIpc) is 2.77. The van der Waals surface area contributed by atoms with Gasteiger partial charge in [0.1, 0.15) is 10.7 Å². The van der Waals surface area contributed by atoms with Crippen molar-refractivity contribution in [2.45, 2.75) is 11.4 Å². The molecule has 3 nitrogen and oxygen atoms in total. The quantitative estimate of drug-likeness (QED) is 0.777. The van der Waals surface area contributed by atoms with Gasteiger partial charge in [0, 0.05) is 28.3 Å². The molecule has 2 rings (SSSR count). The van der Waals surface area contributed by atoms with E-state index in [4.69, 9.17) is 11.6 Å². The van der Waals surface area contributed by atoms with Crippen molar-refractivity contribution >= 4 is 48.9 Å². The fourth-order valence-corrected chi connectivity index (χ4v) is 4.80. The summed E-state index contributed by atoms with van der Waals surface area (Å²) < 4.78 is 40.0. The standard InChI is InChI=1S/C12H10BrClFNO2S2/c1-16(6-10-4-8(13)7-19-10)20(17,18)12-5-9(15)2-3-11(12)14/h2-5,7H,6H2,1H3. The molecule has 0 bridgehead atoms. The molecule has 1 heterocycles. The lowest BCUT2D eigenvalue weighted by atomic mass is 10.3. The normalized spacial score (nSPS) is 12.1. The number of nitrogens with zero attached hydrogens (tertiary/aromatic N) is 1. The van der Waals surface area contributed by atoms with Crippen molar-refractivity contribution < 1.29 is 12.8 Å². The van der Waals surface area contributed by atoms with E-state index in [1.54, 1.807) is 0 Å². The first-order valence-electron chi connectivity index (χ1n) is 5.45. The van der Waals surface area contributed by atoms with Gasteiger partial charge in [-0.15, -0.1) is 11.3 Å². The number of hydrogen-bond acceptors (Lipinski definition) is 3. The van der Waals surface area contributed by atoms with Gasteiger partial charge in [-0.2, -0.15) is 4.31 Å². The van der Waals surface area contributed by atoms with Crippen molar-refractivity contribution in [2.75, 3.05) is 7.05 Å². The molecule has 0 N–H and O–H groups in total. The van der Waals surface area contributed by atoms with Crippen LogP contribution < -0.4 is 0 Å². The van der Waals surface area contributed by atoms with E-state index < -0.39 is 15.8 Å². The van der Waals surface area contributed by atoms with Gasteiger partial charge < -0.3 is 0 Å². The van der Waals surface area contributed by atoms with Crippen molar-refractivity contribution in [3.8, 4) is 0 Å². The fourth-order valence-electron chi connectivity index (χ4n) is 1.58. The summed E-state index contributed by atoms with van der Waals surface area (Å²) in [7, 11) is -2.39. The van der Waals surface area contributed by atoms with E-state index >= 15 is 0 Å². The second kappa shape index (κ2) is 6.11. The molecule has 0 aliphatic rings. The van der Waals surface area contributed by atoms with E-state index in [0.717, 1.165) is 25.8 Å². The molecule has 0 saturated heterocycles. The smallest absolute Gasteiger partial charge is 0.207 e. The van der Waals surface area contributed by atoms with Crippen LogP contribution in [0.1, 0.15) is 4.88 Å². The molecule has 8 heteroatoms. The first-order valence-corrected chi connectivity index (χ1v) is 8.94. The average molecular weight is 399 g/mol. The third-order valence-electron chi connectivity index (χ3n) is 2.58. The van der Waals surface area contributed by atoms with Crippen LogP contribution >= 0.6 is 38.9 Å². The van der Waals surface area contributed by atoms with Gasteiger partial charge in [0.2, 0.25) is 10.0 Å². The lowest BCUT2D eigenvalue weighted by molar-refractivity contribution is 0.469. The lowest BCUT2D eigenvalue weighted by Crippen LogP contribution is -2.26. The summed E-state index contributed by atoms with van der Waals surface area (Å²) in [6, 6.07) is 5.12. The van der Waals surface area contributed by atoms with Crippen molar-refractivity contribution in [2.24, 2.45) is 0 Å². The molecule has 0 unspecified atom stereocenters. The Labute approximate surface area is 134 Å². The number of hydrogen-bond donors (Lipinski definition) is 0. The van der Waals surface area contributed by atoms with Gasteiger partial charge in [0.25, 0.3) is 0 Å². The van der Waals surface area contributed by atoms with Gasteiger partial charge in [-0.05, 0) is 40.2 Å². The Morgan fingerprint density at radius 3 is 2.70 bits per heavy atom. The maximum absolute atomic E-state index is 13.2. The molecule has 0 aliphatic carbocycles. The summed E-state index contributed by atoms with van der Waals surface area (Å²) >= 11 is 10.6. The number of rotatable bonds is 4. The van der Waals surface area contributed by atoms with Crippen LogP contribution in [-0.4, -0.2) is 19.8 Å². The van der Waals surface area contributed by atoms with Crippen LogP contribution in [0.25, 0.3) is 0 Å². The Bertz CT molecular complexity index is 733. The number of thiophene rings is 1. The molecule has 0 radical (unpaired) electrons. The number of halogens is 3. The first-order chi connectivity index (χ1) is 9.30. The summed E-state index contributed by atoms with van der Waals surface area (Å²) in [5, 5.41) is 1.87. The minimum Gasteiger partial charge on any atom is -0.207 e. The lowest BCUT2D eigenvalue weighted by Gasteiger charge is -2.17. The molecule has 1 aromatic heterocycles. The van der Waals surface area contributed by atoms with E-state index in [1.807, 2.05) is 11.4 Å². The molecular formula is C12H10BrClFNO2S2. The van der Waals surface area contributed by atoms with E-state index in [9.17, 15) is 12.8 Å². The van der Waals surface area contributed by atoms with E-state index in [0.29, 0.717) is 0 Å². The molecule has 1 aromatic carbocycles. The summed E-state index contributed by atoms with van der Waals surface area (Å²) in [4.78, 5) is 0.646. The minimum atomic E-state index is -3.83. The van der Waals surface area contributed by atoms with Crippen LogP contribution in [0.5, 0.6) is 0 Å². The molecule has 20 heavy (non-hydrogen) atoms. The second-order valence-electron chi connectivity index (χ2n) is 4.07. The zero-order valence-electron chi connectivity index (χ0n) is 10.3. The van der Waals surface area contributed by atoms with Crippen LogP contribution in [-0.2, 0) is 16.6 Å². The van der Waals surface area contributed by atoms with Gasteiger partial charge in [-0.1, -0.05) is 11.6 Å². The second-order valence-corrected chi connectivity index (χ2v) is 8.40. The highest BCUT2D eigenvalue weighted by Crippen LogP contribution is 2.27. The van der Waals surface area contributed by atoms with Crippen LogP contribution in [0.15, 0.2) is 39.0 Å². The molecule has 108 valence electrons. The molecule has 0 saturated carbocycles. The number of benzene rings is 1. The maximum atomic E-state index is 13.2. The third kappa shape index (κ3) is 3.40. The van der Waals surface area contributed by atoms with Gasteiger partial charge in [-0.3, -0.25) is 0 Å². The zero-order chi connectivity index (χ0) is 14.9. The predicted octanol–water partition coefficient (Wildman–Crippen LogP) is 4.12. The molecule has 0 fully saturated rings. The molecule has 0 spiro atoms. The molecule has 0 atom stereocenters. The molecule has 0 amide bonds. The van der Waals surface area contributed by atoms with Crippen LogP contribution in [0.2, 0.25) is 5.02 Å². The van der Waals surface area contributed by atoms with Gasteiger partial charge in [0.15, 0.2) is 0 Å². The maximum Gasteiger partial charge on any atom is 0.244 e. The Morgan fingerprint density at radius 2 is 2.10 bits per heavy atom. The van der Waals surface area contributed by atoms with E-state index in [-0.39, 0.29) is 16.5 Å². The molecule has 0 aliphatic heterocycles. The largest absolute Gasteiger partial charge is 0.244 e. The van der Waals surface area contributed by atoms with Crippen molar-refractivity contribution in [3.05, 3.63) is 49.8 Å². The van der Waals surface area contributed by atoms with Crippen LogP contribution in [0.4, 0.5) is 4.39 Å². The van der Waals surface area contributed by atoms with Gasteiger partial charge in [-0.25, -0.2) is 12.8 Å². The Balaban J connectivity index is 2.32. The zero-order valence-corrected chi connectivity index (χ0v) is 14.3. The molecule has 2 aromatic rings. The van der Waals surface area contributed by atoms with Gasteiger partial charge >= 0.3 is 0 Å². The van der Waals surface area contributed by atoms with Crippen LogP contribution in [0.3, 0.4) is 0 Å². The van der Waals surface area contributed by atoms with Crippen LogP contribution in [0, 0.1) is 5.82 Å². The van der Waals surface area contributed by atoms with E-state index in [1.165, 1.54) is 24.5 Å². The Kier molecular flexibility index (Phi) is 4.86. The highest BCUT2D eigenvalue weighted by Gasteiger charge is 2.24. The summed E-state index contributed by atoms with van der Waals surface area (Å²) in [6.45, 7) is 0.200. The minimum absolute atomic E-state index is 0.00519. The highest BCUT2D eigenvalue weighted by molar-refractivity contribution is 9.10. The van der Waals surface area contributed by atoms with Crippen molar-refractivity contribution in [1.29, 1.82) is 0 Å². The SMILES string of the molecule is CN(Cc1cc(Br)cs1)S(=O)(=O)c1cc(F)ccc1Cl. The van der Waals surface area contributed by atoms with Crippen molar-refractivity contribution in [3.63, 3.8) is 0 Å². The van der Waals surface area contributed by atoms with Crippen molar-refractivity contribution in [1.82, 2.24) is 4.31 Å². The highest BCUT2D eigenvalue weighted by atomic mass is 79.9. The summed E-state index contributed by atoms with van der Waals surface area (Å²) in [5.41, 5.74) is 0. The Hall–Kier alpha value is -0.470. The Morgan fingerprint density at radius 1 is 1.40 bits per heavy atom. The van der Waals surface area contributed by atoms with Gasteiger partial charge in [0.05, 0.1) is 5.02 Å².